The zero-order valence-corrected chi connectivity index (χ0v) is 10.9. The molecule has 1 N–H and O–H groups in total. The van der Waals surface area contributed by atoms with Crippen LogP contribution < -0.4 is 4.90 Å². The highest BCUT2D eigenvalue weighted by atomic mass is 79.9. The van der Waals surface area contributed by atoms with Crippen LogP contribution in [0.4, 0.5) is 10.5 Å². The third-order valence-corrected chi connectivity index (χ3v) is 3.66. The Bertz CT molecular complexity index is 443. The van der Waals surface area contributed by atoms with Gasteiger partial charge in [-0.1, -0.05) is 29.8 Å². The number of fused-ring (bicyclic) bond motifs is 1. The Kier molecular flexibility index (Phi) is 2.70. The Morgan fingerprint density at radius 2 is 2.19 bits per heavy atom. The summed E-state index contributed by atoms with van der Waals surface area (Å²) in [6.07, 6.45) is -0.0259. The van der Waals surface area contributed by atoms with Gasteiger partial charge in [-0.05, 0) is 35.6 Å². The predicted octanol–water partition coefficient (Wildman–Crippen LogP) is 3.61. The van der Waals surface area contributed by atoms with E-state index in [1.54, 1.807) is 0 Å². The van der Waals surface area contributed by atoms with Crippen LogP contribution in [0.2, 0.25) is 0 Å². The molecule has 1 aliphatic rings. The molecule has 0 saturated heterocycles. The van der Waals surface area contributed by atoms with Crippen molar-refractivity contribution in [2.45, 2.75) is 25.7 Å². The highest BCUT2D eigenvalue weighted by Gasteiger charge is 2.33. The zero-order valence-electron chi connectivity index (χ0n) is 9.33. The molecule has 0 aromatic heterocycles. The fourth-order valence-corrected chi connectivity index (χ4v) is 2.49. The van der Waals surface area contributed by atoms with Crippen molar-refractivity contribution >= 4 is 27.7 Å². The summed E-state index contributed by atoms with van der Waals surface area (Å²) in [6, 6.07) is 5.77. The number of benzene rings is 1. The van der Waals surface area contributed by atoms with Crippen LogP contribution in [-0.2, 0) is 5.41 Å². The van der Waals surface area contributed by atoms with Gasteiger partial charge in [0.1, 0.15) is 0 Å². The van der Waals surface area contributed by atoms with Gasteiger partial charge in [0.05, 0.1) is 5.69 Å². The maximum atomic E-state index is 11.1. The van der Waals surface area contributed by atoms with Crippen LogP contribution in [0.15, 0.2) is 22.7 Å². The minimum atomic E-state index is -0.876. The molecule has 0 atom stereocenters. The van der Waals surface area contributed by atoms with E-state index < -0.39 is 6.09 Å². The van der Waals surface area contributed by atoms with Gasteiger partial charge in [-0.15, -0.1) is 0 Å². The highest BCUT2D eigenvalue weighted by molar-refractivity contribution is 9.10. The molecule has 0 fully saturated rings. The van der Waals surface area contributed by atoms with Crippen molar-refractivity contribution < 1.29 is 9.90 Å². The van der Waals surface area contributed by atoms with E-state index in [2.05, 4.69) is 29.8 Å². The molecule has 1 amide bonds. The van der Waals surface area contributed by atoms with E-state index in [-0.39, 0.29) is 5.41 Å². The number of carboxylic acid groups (broad SMARTS) is 1. The highest BCUT2D eigenvalue weighted by Crippen LogP contribution is 2.40. The van der Waals surface area contributed by atoms with Crippen LogP contribution in [0.5, 0.6) is 0 Å². The normalized spacial score (nSPS) is 18.1. The summed E-state index contributed by atoms with van der Waals surface area (Å²) in [5.41, 5.74) is 1.94. The first-order chi connectivity index (χ1) is 7.42. The lowest BCUT2D eigenvalue weighted by Crippen LogP contribution is -2.40. The summed E-state index contributed by atoms with van der Waals surface area (Å²) < 4.78 is 0.992. The molecule has 0 unspecified atom stereocenters. The third-order valence-electron chi connectivity index (χ3n) is 3.17. The van der Waals surface area contributed by atoms with Gasteiger partial charge in [0.15, 0.2) is 0 Å². The molecule has 86 valence electrons. The lowest BCUT2D eigenvalue weighted by atomic mass is 9.78. The summed E-state index contributed by atoms with van der Waals surface area (Å²) in [7, 11) is 0. The second-order valence-electron chi connectivity index (χ2n) is 4.73. The van der Waals surface area contributed by atoms with E-state index in [1.165, 1.54) is 4.90 Å². The molecule has 0 radical (unpaired) electrons. The number of halogens is 1. The van der Waals surface area contributed by atoms with Crippen LogP contribution in [0.3, 0.4) is 0 Å². The Balaban J connectivity index is 2.57. The van der Waals surface area contributed by atoms with Gasteiger partial charge in [-0.25, -0.2) is 4.79 Å². The molecule has 1 aromatic carbocycles. The fourth-order valence-electron chi connectivity index (χ4n) is 2.13. The first-order valence-electron chi connectivity index (χ1n) is 5.22. The molecule has 16 heavy (non-hydrogen) atoms. The summed E-state index contributed by atoms with van der Waals surface area (Å²) >= 11 is 3.43. The van der Waals surface area contributed by atoms with E-state index in [0.717, 1.165) is 22.1 Å². The molecule has 1 heterocycles. The van der Waals surface area contributed by atoms with Gasteiger partial charge in [0, 0.05) is 11.0 Å². The molecule has 2 rings (SSSR count). The fraction of sp³-hybridized carbons (Fsp3) is 0.417. The van der Waals surface area contributed by atoms with E-state index in [9.17, 15) is 4.79 Å². The van der Waals surface area contributed by atoms with Gasteiger partial charge in [-0.3, -0.25) is 4.90 Å². The molecule has 0 saturated carbocycles. The SMILES string of the molecule is CC1(C)CCN(C(=O)O)c2ccc(Br)cc21. The standard InChI is InChI=1S/C12H14BrNO2/c1-12(2)5-6-14(11(15)16)10-4-3-8(13)7-9(10)12/h3-4,7H,5-6H2,1-2H3,(H,15,16). The average Bonchev–Trinajstić information content (AvgIpc) is 2.18. The maximum absolute atomic E-state index is 11.1. The number of rotatable bonds is 0. The van der Waals surface area contributed by atoms with Gasteiger partial charge in [0.2, 0.25) is 0 Å². The zero-order chi connectivity index (χ0) is 11.9. The molecule has 4 heteroatoms. The molecule has 3 nitrogen and oxygen atoms in total. The molecule has 1 aliphatic heterocycles. The smallest absolute Gasteiger partial charge is 0.411 e. The minimum absolute atomic E-state index is 0.0328. The van der Waals surface area contributed by atoms with Crippen LogP contribution in [-0.4, -0.2) is 17.7 Å². The third kappa shape index (κ3) is 1.82. The van der Waals surface area contributed by atoms with Crippen LogP contribution >= 0.6 is 15.9 Å². The Hall–Kier alpha value is -1.03. The number of hydrogen-bond donors (Lipinski definition) is 1. The first kappa shape index (κ1) is 11.5. The molecular formula is C12H14BrNO2. The van der Waals surface area contributed by atoms with Crippen LogP contribution in [0, 0.1) is 0 Å². The van der Waals surface area contributed by atoms with Crippen molar-refractivity contribution in [2.75, 3.05) is 11.4 Å². The minimum Gasteiger partial charge on any atom is -0.465 e. The number of nitrogens with zero attached hydrogens (tertiary/aromatic N) is 1. The summed E-state index contributed by atoms with van der Waals surface area (Å²) in [5, 5.41) is 9.14. The van der Waals surface area contributed by atoms with Gasteiger partial charge in [0.25, 0.3) is 0 Å². The van der Waals surface area contributed by atoms with Crippen molar-refractivity contribution in [2.24, 2.45) is 0 Å². The van der Waals surface area contributed by atoms with E-state index in [0.29, 0.717) is 6.54 Å². The quantitative estimate of drug-likeness (QED) is 0.790. The lowest BCUT2D eigenvalue weighted by molar-refractivity contribution is 0.200. The first-order valence-corrected chi connectivity index (χ1v) is 6.01. The van der Waals surface area contributed by atoms with Crippen molar-refractivity contribution in [1.29, 1.82) is 0 Å². The van der Waals surface area contributed by atoms with E-state index in [1.807, 2.05) is 18.2 Å². The van der Waals surface area contributed by atoms with Crippen LogP contribution in [0.25, 0.3) is 0 Å². The molecular weight excluding hydrogens is 270 g/mol. The van der Waals surface area contributed by atoms with Gasteiger partial charge < -0.3 is 5.11 Å². The predicted molar refractivity (Wildman–Crippen MR) is 67.2 cm³/mol. The Morgan fingerprint density at radius 3 is 2.81 bits per heavy atom. The lowest BCUT2D eigenvalue weighted by Gasteiger charge is -2.37. The van der Waals surface area contributed by atoms with Gasteiger partial charge in [-0.2, -0.15) is 0 Å². The average molecular weight is 284 g/mol. The number of anilines is 1. The molecule has 1 aromatic rings. The van der Waals surface area contributed by atoms with E-state index in [4.69, 9.17) is 5.11 Å². The van der Waals surface area contributed by atoms with E-state index >= 15 is 0 Å². The van der Waals surface area contributed by atoms with Gasteiger partial charge >= 0.3 is 6.09 Å². The largest absolute Gasteiger partial charge is 0.465 e. The molecule has 0 bridgehead atoms. The topological polar surface area (TPSA) is 40.5 Å². The maximum Gasteiger partial charge on any atom is 0.411 e. The van der Waals surface area contributed by atoms with Crippen molar-refractivity contribution in [3.63, 3.8) is 0 Å². The molecule has 0 spiro atoms. The summed E-state index contributed by atoms with van der Waals surface area (Å²) in [5.74, 6) is 0. The summed E-state index contributed by atoms with van der Waals surface area (Å²) in [6.45, 7) is 4.87. The second-order valence-corrected chi connectivity index (χ2v) is 5.65. The van der Waals surface area contributed by atoms with Crippen molar-refractivity contribution in [1.82, 2.24) is 0 Å². The monoisotopic (exact) mass is 283 g/mol. The summed E-state index contributed by atoms with van der Waals surface area (Å²) in [4.78, 5) is 12.6. The van der Waals surface area contributed by atoms with Crippen molar-refractivity contribution in [3.8, 4) is 0 Å². The second kappa shape index (κ2) is 3.77. The molecule has 0 aliphatic carbocycles. The Morgan fingerprint density at radius 1 is 1.50 bits per heavy atom. The Labute approximate surface area is 103 Å². The number of carbonyl (C=O) groups is 1. The number of amides is 1. The van der Waals surface area contributed by atoms with Crippen molar-refractivity contribution in [3.05, 3.63) is 28.2 Å². The van der Waals surface area contributed by atoms with Crippen LogP contribution in [0.1, 0.15) is 25.8 Å². The number of hydrogen-bond acceptors (Lipinski definition) is 1.